The van der Waals surface area contributed by atoms with Crippen LogP contribution in [0.2, 0.25) is 0 Å². The minimum atomic E-state index is -0.393. The maximum absolute atomic E-state index is 12.8. The van der Waals surface area contributed by atoms with Crippen molar-refractivity contribution >= 4 is 11.9 Å². The lowest BCUT2D eigenvalue weighted by Gasteiger charge is -2.39. The highest BCUT2D eigenvalue weighted by Crippen LogP contribution is 2.52. The average molecular weight is 434 g/mol. The summed E-state index contributed by atoms with van der Waals surface area (Å²) in [5, 5.41) is 0. The number of carbonyl (C=O) groups excluding carboxylic acids is 2. The topological polar surface area (TPSA) is 74.3 Å². The van der Waals surface area contributed by atoms with Gasteiger partial charge in [0.25, 0.3) is 5.91 Å². The monoisotopic (exact) mass is 433 g/mol. The number of fused-ring (bicyclic) bond motifs is 2. The number of aryl methyl sites for hydroxylation is 1. The van der Waals surface area contributed by atoms with Gasteiger partial charge in [-0.15, -0.1) is 0 Å². The fourth-order valence-electron chi connectivity index (χ4n) is 5.57. The smallest absolute Gasteiger partial charge is 0.306 e. The minimum Gasteiger partial charge on any atom is -0.493 e. The molecule has 1 saturated heterocycles. The number of methoxy groups -OCH3 is 3. The molecule has 1 aliphatic heterocycles. The number of ether oxygens (including phenoxy) is 4. The molecule has 1 saturated carbocycles. The van der Waals surface area contributed by atoms with Gasteiger partial charge in [0.1, 0.15) is 0 Å². The van der Waals surface area contributed by atoms with E-state index in [0.717, 1.165) is 31.4 Å². The molecule has 0 spiro atoms. The molecule has 2 aliphatic rings. The van der Waals surface area contributed by atoms with Crippen molar-refractivity contribution < 1.29 is 28.5 Å². The zero-order chi connectivity index (χ0) is 22.8. The van der Waals surface area contributed by atoms with E-state index in [0.29, 0.717) is 23.7 Å². The van der Waals surface area contributed by atoms with Gasteiger partial charge in [-0.05, 0) is 54.2 Å². The highest BCUT2D eigenvalue weighted by Gasteiger charge is 2.50. The Labute approximate surface area is 185 Å². The van der Waals surface area contributed by atoms with Crippen molar-refractivity contribution in [1.29, 1.82) is 0 Å². The quantitative estimate of drug-likeness (QED) is 0.583. The number of likely N-dealkylation sites (tertiary alicyclic amines) is 1. The average Bonchev–Trinajstić information content (AvgIpc) is 2.97. The SMILES string of the molecule is COc1cc(CCC(=O)OCC(=O)N2C[C@@]3(C)C[C@H]2CC(C)(C)C3)cc(OC)c1OC. The van der Waals surface area contributed by atoms with E-state index in [4.69, 9.17) is 18.9 Å². The molecular formula is C24H35NO6. The van der Waals surface area contributed by atoms with Crippen LogP contribution < -0.4 is 14.2 Å². The molecule has 2 bridgehead atoms. The number of hydrogen-bond donors (Lipinski definition) is 0. The normalized spacial score (nSPS) is 23.9. The van der Waals surface area contributed by atoms with Gasteiger partial charge >= 0.3 is 5.97 Å². The zero-order valence-electron chi connectivity index (χ0n) is 19.6. The lowest BCUT2D eigenvalue weighted by Crippen LogP contribution is -2.39. The lowest BCUT2D eigenvalue weighted by molar-refractivity contribution is -0.152. The van der Waals surface area contributed by atoms with Crippen LogP contribution in [0.25, 0.3) is 0 Å². The van der Waals surface area contributed by atoms with Gasteiger partial charge in [0, 0.05) is 19.0 Å². The van der Waals surface area contributed by atoms with Gasteiger partial charge in [0.15, 0.2) is 18.1 Å². The minimum absolute atomic E-state index is 0.0902. The van der Waals surface area contributed by atoms with Crippen molar-refractivity contribution in [3.05, 3.63) is 17.7 Å². The summed E-state index contributed by atoms with van der Waals surface area (Å²) in [5.41, 5.74) is 1.27. The summed E-state index contributed by atoms with van der Waals surface area (Å²) < 4.78 is 21.3. The molecule has 0 aromatic heterocycles. The van der Waals surface area contributed by atoms with Gasteiger partial charge in [-0.3, -0.25) is 9.59 Å². The number of carbonyl (C=O) groups is 2. The maximum atomic E-state index is 12.8. The number of amides is 1. The summed E-state index contributed by atoms with van der Waals surface area (Å²) in [4.78, 5) is 27.0. The second-order valence-electron chi connectivity index (χ2n) is 9.93. The van der Waals surface area contributed by atoms with E-state index in [1.54, 1.807) is 21.3 Å². The lowest BCUT2D eigenvalue weighted by atomic mass is 9.65. The molecule has 1 amide bonds. The first-order chi connectivity index (χ1) is 14.6. The van der Waals surface area contributed by atoms with Crippen molar-refractivity contribution in [3.63, 3.8) is 0 Å². The molecule has 2 atom stereocenters. The molecule has 2 fully saturated rings. The van der Waals surface area contributed by atoms with Crippen LogP contribution in [0.1, 0.15) is 52.0 Å². The van der Waals surface area contributed by atoms with Crippen molar-refractivity contribution in [1.82, 2.24) is 4.90 Å². The number of esters is 1. The Morgan fingerprint density at radius 2 is 1.68 bits per heavy atom. The fourth-order valence-corrected chi connectivity index (χ4v) is 5.57. The van der Waals surface area contributed by atoms with E-state index in [2.05, 4.69) is 20.8 Å². The zero-order valence-corrected chi connectivity index (χ0v) is 19.6. The largest absolute Gasteiger partial charge is 0.493 e. The summed E-state index contributed by atoms with van der Waals surface area (Å²) in [6.45, 7) is 7.37. The Kier molecular flexibility index (Phi) is 6.72. The van der Waals surface area contributed by atoms with E-state index in [9.17, 15) is 9.59 Å². The van der Waals surface area contributed by atoms with E-state index < -0.39 is 5.97 Å². The van der Waals surface area contributed by atoms with Crippen LogP contribution in [0.15, 0.2) is 12.1 Å². The Bertz CT molecular complexity index is 810. The summed E-state index contributed by atoms with van der Waals surface area (Å²) in [6.07, 6.45) is 3.78. The van der Waals surface area contributed by atoms with Crippen LogP contribution >= 0.6 is 0 Å². The van der Waals surface area contributed by atoms with E-state index in [-0.39, 0.29) is 35.8 Å². The molecule has 7 nitrogen and oxygen atoms in total. The van der Waals surface area contributed by atoms with E-state index in [1.807, 2.05) is 17.0 Å². The van der Waals surface area contributed by atoms with Gasteiger partial charge in [-0.25, -0.2) is 0 Å². The van der Waals surface area contributed by atoms with E-state index in [1.165, 1.54) is 0 Å². The number of rotatable bonds is 8. The molecule has 7 heteroatoms. The highest BCUT2D eigenvalue weighted by molar-refractivity contribution is 5.81. The highest BCUT2D eigenvalue weighted by atomic mass is 16.5. The van der Waals surface area contributed by atoms with Crippen LogP contribution in [0.3, 0.4) is 0 Å². The molecule has 0 radical (unpaired) electrons. The Balaban J connectivity index is 1.53. The predicted octanol–water partition coefficient (Wildman–Crippen LogP) is 3.62. The molecule has 1 aromatic rings. The molecule has 0 unspecified atom stereocenters. The van der Waals surface area contributed by atoms with Crippen LogP contribution in [0, 0.1) is 10.8 Å². The summed E-state index contributed by atoms with van der Waals surface area (Å²) in [5.74, 6) is 1.10. The van der Waals surface area contributed by atoms with Gasteiger partial charge < -0.3 is 23.8 Å². The van der Waals surface area contributed by atoms with Crippen molar-refractivity contribution in [2.45, 2.75) is 58.9 Å². The molecule has 1 heterocycles. The van der Waals surface area contributed by atoms with Gasteiger partial charge in [0.2, 0.25) is 5.75 Å². The first kappa shape index (κ1) is 23.2. The molecule has 3 rings (SSSR count). The summed E-state index contributed by atoms with van der Waals surface area (Å²) >= 11 is 0. The molecule has 1 aliphatic carbocycles. The molecule has 31 heavy (non-hydrogen) atoms. The van der Waals surface area contributed by atoms with Crippen LogP contribution in [-0.4, -0.2) is 57.3 Å². The molecular weight excluding hydrogens is 398 g/mol. The van der Waals surface area contributed by atoms with Crippen molar-refractivity contribution in [2.75, 3.05) is 34.5 Å². The summed E-state index contributed by atoms with van der Waals surface area (Å²) in [6, 6.07) is 3.87. The van der Waals surface area contributed by atoms with Crippen LogP contribution in [0.4, 0.5) is 0 Å². The van der Waals surface area contributed by atoms with E-state index >= 15 is 0 Å². The van der Waals surface area contributed by atoms with Crippen molar-refractivity contribution in [3.8, 4) is 17.2 Å². The fraction of sp³-hybridized carbons (Fsp3) is 0.667. The third-order valence-electron chi connectivity index (χ3n) is 6.43. The number of nitrogens with zero attached hydrogens (tertiary/aromatic N) is 1. The Hall–Kier alpha value is -2.44. The first-order valence-electron chi connectivity index (χ1n) is 10.8. The van der Waals surface area contributed by atoms with Crippen LogP contribution in [-0.2, 0) is 20.7 Å². The van der Waals surface area contributed by atoms with Crippen LogP contribution in [0.5, 0.6) is 17.2 Å². The summed E-state index contributed by atoms with van der Waals surface area (Å²) in [7, 11) is 4.65. The third kappa shape index (κ3) is 5.25. The molecule has 0 N–H and O–H groups in total. The standard InChI is InChI=1S/C24H35NO6/c1-23(2)11-17-12-24(3,14-23)15-25(17)20(26)13-31-21(27)8-7-16-9-18(28-4)22(30-6)19(10-16)29-5/h9-10,17H,7-8,11-15H2,1-6H3/t17-,24+/m1/s1. The predicted molar refractivity (Wildman–Crippen MR) is 117 cm³/mol. The Morgan fingerprint density at radius 1 is 1.03 bits per heavy atom. The second kappa shape index (κ2) is 8.97. The van der Waals surface area contributed by atoms with Gasteiger partial charge in [-0.2, -0.15) is 0 Å². The number of hydrogen-bond acceptors (Lipinski definition) is 6. The maximum Gasteiger partial charge on any atom is 0.306 e. The molecule has 172 valence electrons. The third-order valence-corrected chi connectivity index (χ3v) is 6.43. The first-order valence-corrected chi connectivity index (χ1v) is 10.8. The van der Waals surface area contributed by atoms with Gasteiger partial charge in [0.05, 0.1) is 21.3 Å². The van der Waals surface area contributed by atoms with Crippen molar-refractivity contribution in [2.24, 2.45) is 10.8 Å². The second-order valence-corrected chi connectivity index (χ2v) is 9.93. The number of benzene rings is 1. The molecule has 1 aromatic carbocycles. The Morgan fingerprint density at radius 3 is 2.26 bits per heavy atom. The van der Waals surface area contributed by atoms with Gasteiger partial charge in [-0.1, -0.05) is 20.8 Å².